The highest BCUT2D eigenvalue weighted by atomic mass is 32.2. The Bertz CT molecular complexity index is 503. The van der Waals surface area contributed by atoms with E-state index in [1.807, 2.05) is 0 Å². The van der Waals surface area contributed by atoms with Crippen molar-refractivity contribution in [3.05, 3.63) is 17.8 Å². The third-order valence-electron chi connectivity index (χ3n) is 2.78. The van der Waals surface area contributed by atoms with Gasteiger partial charge in [-0.05, 0) is 12.8 Å². The van der Waals surface area contributed by atoms with Gasteiger partial charge in [-0.25, -0.2) is 13.4 Å². The summed E-state index contributed by atoms with van der Waals surface area (Å²) >= 11 is 0. The number of carbonyl (C=O) groups is 1. The van der Waals surface area contributed by atoms with Crippen LogP contribution in [-0.4, -0.2) is 30.2 Å². The zero-order chi connectivity index (χ0) is 11.8. The Kier molecular flexibility index (Phi) is 2.84. The van der Waals surface area contributed by atoms with E-state index in [1.54, 1.807) is 0 Å². The van der Waals surface area contributed by atoms with Crippen LogP contribution in [0.2, 0.25) is 0 Å². The number of ketones is 1. The molecule has 2 rings (SSSR count). The number of rotatable bonds is 3. The summed E-state index contributed by atoms with van der Waals surface area (Å²) in [5.74, 6) is 0.405. The van der Waals surface area contributed by atoms with Crippen LogP contribution in [0.3, 0.4) is 0 Å². The van der Waals surface area contributed by atoms with Crippen molar-refractivity contribution in [2.75, 3.05) is 5.75 Å². The Morgan fingerprint density at radius 3 is 2.88 bits per heavy atom. The van der Waals surface area contributed by atoms with Gasteiger partial charge >= 0.3 is 0 Å². The minimum absolute atomic E-state index is 0.177. The summed E-state index contributed by atoms with van der Waals surface area (Å²) < 4.78 is 28.2. The number of sulfone groups is 1. The van der Waals surface area contributed by atoms with E-state index in [0.717, 1.165) is 0 Å². The van der Waals surface area contributed by atoms with E-state index >= 15 is 0 Å². The molecule has 1 aromatic heterocycles. The molecule has 0 spiro atoms. The summed E-state index contributed by atoms with van der Waals surface area (Å²) in [5.41, 5.74) is 0.255. The molecule has 0 N–H and O–H groups in total. The molecule has 88 valence electrons. The summed E-state index contributed by atoms with van der Waals surface area (Å²) in [7, 11) is -2.98. The van der Waals surface area contributed by atoms with E-state index in [1.165, 1.54) is 13.2 Å². The van der Waals surface area contributed by atoms with Crippen molar-refractivity contribution in [1.82, 2.24) is 4.98 Å². The average molecular weight is 243 g/mol. The van der Waals surface area contributed by atoms with Crippen LogP contribution in [0.4, 0.5) is 0 Å². The standard InChI is InChI=1S/C10H13NO4S/c1-7(12)9-6-15-10(11-9)5-8-3-2-4-16(8,13)14/h6,8H,2-5H2,1H3. The van der Waals surface area contributed by atoms with E-state index in [9.17, 15) is 13.2 Å². The summed E-state index contributed by atoms with van der Waals surface area (Å²) in [4.78, 5) is 14.9. The van der Waals surface area contributed by atoms with Crippen molar-refractivity contribution in [2.24, 2.45) is 0 Å². The van der Waals surface area contributed by atoms with Crippen LogP contribution in [-0.2, 0) is 16.3 Å². The summed E-state index contributed by atoms with van der Waals surface area (Å²) in [6.45, 7) is 1.40. The first-order valence-corrected chi connectivity index (χ1v) is 6.87. The van der Waals surface area contributed by atoms with Crippen LogP contribution in [0.1, 0.15) is 36.1 Å². The minimum Gasteiger partial charge on any atom is -0.448 e. The summed E-state index contributed by atoms with van der Waals surface area (Å²) in [5, 5.41) is -0.397. The molecule has 1 saturated heterocycles. The van der Waals surface area contributed by atoms with Crippen LogP contribution < -0.4 is 0 Å². The zero-order valence-electron chi connectivity index (χ0n) is 8.97. The van der Waals surface area contributed by atoms with Crippen molar-refractivity contribution >= 4 is 15.6 Å². The second-order valence-corrected chi connectivity index (χ2v) is 6.42. The van der Waals surface area contributed by atoms with Crippen LogP contribution in [0, 0.1) is 0 Å². The van der Waals surface area contributed by atoms with Gasteiger partial charge in [-0.15, -0.1) is 0 Å². The van der Waals surface area contributed by atoms with Gasteiger partial charge in [0.25, 0.3) is 0 Å². The average Bonchev–Trinajstić information content (AvgIpc) is 2.75. The summed E-state index contributed by atoms with van der Waals surface area (Å²) in [6.07, 6.45) is 2.91. The van der Waals surface area contributed by atoms with Gasteiger partial charge in [0.2, 0.25) is 0 Å². The maximum Gasteiger partial charge on any atom is 0.195 e. The van der Waals surface area contributed by atoms with Gasteiger partial charge in [-0.3, -0.25) is 4.79 Å². The smallest absolute Gasteiger partial charge is 0.195 e. The maximum atomic E-state index is 11.6. The lowest BCUT2D eigenvalue weighted by Crippen LogP contribution is -2.18. The number of nitrogens with zero attached hydrogens (tertiary/aromatic N) is 1. The second-order valence-electron chi connectivity index (χ2n) is 4.02. The van der Waals surface area contributed by atoms with Crippen molar-refractivity contribution in [3.8, 4) is 0 Å². The number of aromatic nitrogens is 1. The number of carbonyl (C=O) groups excluding carboxylic acids is 1. The molecule has 5 nitrogen and oxygen atoms in total. The molecular formula is C10H13NO4S. The molecule has 16 heavy (non-hydrogen) atoms. The molecule has 6 heteroatoms. The lowest BCUT2D eigenvalue weighted by atomic mass is 10.2. The molecule has 2 heterocycles. The van der Waals surface area contributed by atoms with E-state index in [0.29, 0.717) is 18.7 Å². The Morgan fingerprint density at radius 2 is 2.38 bits per heavy atom. The van der Waals surface area contributed by atoms with Crippen LogP contribution >= 0.6 is 0 Å². The highest BCUT2D eigenvalue weighted by Gasteiger charge is 2.32. The molecule has 1 atom stereocenters. The summed E-state index contributed by atoms with van der Waals surface area (Å²) in [6, 6.07) is 0. The molecule has 1 aromatic rings. The topological polar surface area (TPSA) is 77.2 Å². The quantitative estimate of drug-likeness (QED) is 0.740. The van der Waals surface area contributed by atoms with Crippen LogP contribution in [0.15, 0.2) is 10.7 Å². The monoisotopic (exact) mass is 243 g/mol. The lowest BCUT2D eigenvalue weighted by molar-refractivity contribution is 0.101. The molecule has 1 aliphatic rings. The highest BCUT2D eigenvalue weighted by molar-refractivity contribution is 7.92. The predicted molar refractivity (Wildman–Crippen MR) is 57.0 cm³/mol. The number of hydrogen-bond acceptors (Lipinski definition) is 5. The van der Waals surface area contributed by atoms with Gasteiger partial charge < -0.3 is 4.42 Å². The van der Waals surface area contributed by atoms with Crippen LogP contribution in [0.25, 0.3) is 0 Å². The molecule has 0 aliphatic carbocycles. The molecule has 0 amide bonds. The van der Waals surface area contributed by atoms with E-state index in [4.69, 9.17) is 4.42 Å². The number of Topliss-reactive ketones (excluding diaryl/α,β-unsaturated/α-hetero) is 1. The third kappa shape index (κ3) is 2.16. The third-order valence-corrected chi connectivity index (χ3v) is 5.05. The van der Waals surface area contributed by atoms with Gasteiger partial charge in [-0.1, -0.05) is 0 Å². The first-order valence-electron chi connectivity index (χ1n) is 5.16. The number of hydrogen-bond donors (Lipinski definition) is 0. The zero-order valence-corrected chi connectivity index (χ0v) is 9.79. The van der Waals surface area contributed by atoms with Gasteiger partial charge in [0, 0.05) is 13.3 Å². The van der Waals surface area contributed by atoms with Crippen molar-refractivity contribution in [3.63, 3.8) is 0 Å². The van der Waals surface area contributed by atoms with E-state index < -0.39 is 15.1 Å². The van der Waals surface area contributed by atoms with Gasteiger partial charge in [0.15, 0.2) is 21.5 Å². The molecule has 0 bridgehead atoms. The van der Waals surface area contributed by atoms with Crippen molar-refractivity contribution in [2.45, 2.75) is 31.4 Å². The normalized spacial score (nSPS) is 23.4. The fourth-order valence-corrected chi connectivity index (χ4v) is 3.67. The Labute approximate surface area is 93.8 Å². The molecule has 1 fully saturated rings. The molecular weight excluding hydrogens is 230 g/mol. The van der Waals surface area contributed by atoms with Gasteiger partial charge in [0.1, 0.15) is 12.0 Å². The lowest BCUT2D eigenvalue weighted by Gasteiger charge is -2.04. The van der Waals surface area contributed by atoms with Gasteiger partial charge in [-0.2, -0.15) is 0 Å². The Balaban J connectivity index is 2.12. The van der Waals surface area contributed by atoms with E-state index in [2.05, 4.69) is 4.98 Å². The Morgan fingerprint density at radius 1 is 1.62 bits per heavy atom. The number of oxazole rings is 1. The first-order chi connectivity index (χ1) is 7.49. The van der Waals surface area contributed by atoms with Crippen LogP contribution in [0.5, 0.6) is 0 Å². The fourth-order valence-electron chi connectivity index (χ4n) is 1.85. The molecule has 0 aromatic carbocycles. The minimum atomic E-state index is -2.98. The van der Waals surface area contributed by atoms with E-state index in [-0.39, 0.29) is 23.7 Å². The second kappa shape index (κ2) is 4.01. The maximum absolute atomic E-state index is 11.6. The van der Waals surface area contributed by atoms with Gasteiger partial charge in [0.05, 0.1) is 11.0 Å². The predicted octanol–water partition coefficient (Wildman–Crippen LogP) is 0.997. The SMILES string of the molecule is CC(=O)c1coc(CC2CCCS2(=O)=O)n1. The molecule has 0 saturated carbocycles. The fraction of sp³-hybridized carbons (Fsp3) is 0.600. The first kappa shape index (κ1) is 11.3. The molecule has 1 aliphatic heterocycles. The largest absolute Gasteiger partial charge is 0.448 e. The van der Waals surface area contributed by atoms with Crippen molar-refractivity contribution < 1.29 is 17.6 Å². The molecule has 1 unspecified atom stereocenters. The highest BCUT2D eigenvalue weighted by Crippen LogP contribution is 2.23. The Hall–Kier alpha value is -1.17. The molecule has 0 radical (unpaired) electrons. The van der Waals surface area contributed by atoms with Crippen molar-refractivity contribution in [1.29, 1.82) is 0 Å².